The SMILES string of the molecule is CCCCCN1CCOC(COc2ccc(F)cc2)C1.O=C(O)C(=O)O. The average molecular weight is 371 g/mol. The minimum Gasteiger partial charge on any atom is -0.491 e. The summed E-state index contributed by atoms with van der Waals surface area (Å²) >= 11 is 0. The highest BCUT2D eigenvalue weighted by molar-refractivity contribution is 6.27. The Morgan fingerprint density at radius 2 is 1.88 bits per heavy atom. The van der Waals surface area contributed by atoms with Gasteiger partial charge in [-0.3, -0.25) is 4.90 Å². The molecule has 0 spiro atoms. The molecule has 1 fully saturated rings. The molecule has 1 aliphatic heterocycles. The Balaban J connectivity index is 0.000000487. The van der Waals surface area contributed by atoms with Crippen LogP contribution in [-0.4, -0.2) is 66.0 Å². The van der Waals surface area contributed by atoms with Gasteiger partial charge in [-0.1, -0.05) is 19.8 Å². The van der Waals surface area contributed by atoms with E-state index >= 15 is 0 Å². The Bertz CT molecular complexity index is 539. The zero-order chi connectivity index (χ0) is 19.4. The van der Waals surface area contributed by atoms with Gasteiger partial charge in [0.2, 0.25) is 0 Å². The van der Waals surface area contributed by atoms with Gasteiger partial charge in [-0.05, 0) is 37.2 Å². The van der Waals surface area contributed by atoms with E-state index in [-0.39, 0.29) is 11.9 Å². The minimum absolute atomic E-state index is 0.107. The van der Waals surface area contributed by atoms with Gasteiger partial charge in [-0.15, -0.1) is 0 Å². The Morgan fingerprint density at radius 1 is 1.23 bits per heavy atom. The van der Waals surface area contributed by atoms with Crippen LogP contribution in [0.4, 0.5) is 4.39 Å². The molecule has 0 saturated carbocycles. The summed E-state index contributed by atoms with van der Waals surface area (Å²) in [5.74, 6) is -3.20. The zero-order valence-corrected chi connectivity index (χ0v) is 14.9. The molecule has 1 aliphatic rings. The van der Waals surface area contributed by atoms with E-state index in [1.165, 1.54) is 31.4 Å². The number of nitrogens with zero attached hydrogens (tertiary/aromatic N) is 1. The normalized spacial score (nSPS) is 17.1. The minimum atomic E-state index is -1.82. The molecule has 2 N–H and O–H groups in total. The molecule has 1 heterocycles. The van der Waals surface area contributed by atoms with Crippen molar-refractivity contribution in [2.75, 3.05) is 32.8 Å². The Hall–Kier alpha value is -2.19. The molecule has 1 unspecified atom stereocenters. The highest BCUT2D eigenvalue weighted by Gasteiger charge is 2.20. The molecule has 26 heavy (non-hydrogen) atoms. The lowest BCUT2D eigenvalue weighted by atomic mass is 10.2. The summed E-state index contributed by atoms with van der Waals surface area (Å²) in [6, 6.07) is 6.12. The van der Waals surface area contributed by atoms with Crippen LogP contribution < -0.4 is 4.74 Å². The lowest BCUT2D eigenvalue weighted by Crippen LogP contribution is -2.45. The lowest BCUT2D eigenvalue weighted by molar-refractivity contribution is -0.159. The fraction of sp³-hybridized carbons (Fsp3) is 0.556. The number of unbranched alkanes of at least 4 members (excludes halogenated alkanes) is 2. The van der Waals surface area contributed by atoms with Crippen LogP contribution in [0, 0.1) is 5.82 Å². The average Bonchev–Trinajstić information content (AvgIpc) is 2.62. The van der Waals surface area contributed by atoms with Crippen molar-refractivity contribution in [2.24, 2.45) is 0 Å². The van der Waals surface area contributed by atoms with E-state index in [1.54, 1.807) is 12.1 Å². The number of ether oxygens (including phenoxy) is 2. The van der Waals surface area contributed by atoms with E-state index in [1.807, 2.05) is 0 Å². The monoisotopic (exact) mass is 371 g/mol. The smallest absolute Gasteiger partial charge is 0.414 e. The van der Waals surface area contributed by atoms with Gasteiger partial charge >= 0.3 is 11.9 Å². The number of carboxylic acid groups (broad SMARTS) is 2. The fourth-order valence-electron chi connectivity index (χ4n) is 2.39. The van der Waals surface area contributed by atoms with Crippen LogP contribution in [0.1, 0.15) is 26.2 Å². The van der Waals surface area contributed by atoms with E-state index in [0.717, 1.165) is 26.2 Å². The molecule has 0 bridgehead atoms. The molecule has 146 valence electrons. The summed E-state index contributed by atoms with van der Waals surface area (Å²) in [4.78, 5) is 20.6. The number of benzene rings is 1. The van der Waals surface area contributed by atoms with Crippen molar-refractivity contribution >= 4 is 11.9 Å². The van der Waals surface area contributed by atoms with Crippen molar-refractivity contribution < 1.29 is 33.7 Å². The molecule has 0 aliphatic carbocycles. The topological polar surface area (TPSA) is 96.3 Å². The largest absolute Gasteiger partial charge is 0.491 e. The summed E-state index contributed by atoms with van der Waals surface area (Å²) in [5, 5.41) is 14.8. The summed E-state index contributed by atoms with van der Waals surface area (Å²) < 4.78 is 24.2. The van der Waals surface area contributed by atoms with E-state index < -0.39 is 11.9 Å². The number of carboxylic acids is 2. The molecule has 0 amide bonds. The van der Waals surface area contributed by atoms with Crippen molar-refractivity contribution in [1.82, 2.24) is 4.90 Å². The first kappa shape index (κ1) is 21.9. The van der Waals surface area contributed by atoms with Gasteiger partial charge in [-0.2, -0.15) is 0 Å². The van der Waals surface area contributed by atoms with Gasteiger partial charge in [-0.25, -0.2) is 14.0 Å². The van der Waals surface area contributed by atoms with Crippen LogP contribution in [0.2, 0.25) is 0 Å². The summed E-state index contributed by atoms with van der Waals surface area (Å²) in [6.07, 6.45) is 3.90. The van der Waals surface area contributed by atoms with Gasteiger partial charge < -0.3 is 19.7 Å². The van der Waals surface area contributed by atoms with Gasteiger partial charge in [0.15, 0.2) is 0 Å². The van der Waals surface area contributed by atoms with E-state index in [0.29, 0.717) is 12.4 Å². The summed E-state index contributed by atoms with van der Waals surface area (Å²) in [7, 11) is 0. The summed E-state index contributed by atoms with van der Waals surface area (Å²) in [5.41, 5.74) is 0. The van der Waals surface area contributed by atoms with Gasteiger partial charge in [0.05, 0.1) is 6.61 Å². The first-order chi connectivity index (χ1) is 12.4. The van der Waals surface area contributed by atoms with Crippen molar-refractivity contribution in [3.05, 3.63) is 30.1 Å². The number of aliphatic carboxylic acids is 2. The van der Waals surface area contributed by atoms with Gasteiger partial charge in [0, 0.05) is 13.1 Å². The second-order valence-electron chi connectivity index (χ2n) is 5.88. The first-order valence-corrected chi connectivity index (χ1v) is 8.61. The van der Waals surface area contributed by atoms with E-state index in [9.17, 15) is 4.39 Å². The highest BCUT2D eigenvalue weighted by Crippen LogP contribution is 2.13. The molecule has 1 aromatic carbocycles. The molecule has 7 nitrogen and oxygen atoms in total. The van der Waals surface area contributed by atoms with Gasteiger partial charge in [0.25, 0.3) is 0 Å². The van der Waals surface area contributed by atoms with Crippen molar-refractivity contribution in [2.45, 2.75) is 32.3 Å². The molecule has 1 atom stereocenters. The van der Waals surface area contributed by atoms with E-state index in [2.05, 4.69) is 11.8 Å². The zero-order valence-electron chi connectivity index (χ0n) is 14.9. The van der Waals surface area contributed by atoms with Crippen LogP contribution in [-0.2, 0) is 14.3 Å². The van der Waals surface area contributed by atoms with Crippen LogP contribution in [0.25, 0.3) is 0 Å². The quantitative estimate of drug-likeness (QED) is 0.560. The van der Waals surface area contributed by atoms with Crippen molar-refractivity contribution in [3.63, 3.8) is 0 Å². The Labute approximate surface area is 152 Å². The summed E-state index contributed by atoms with van der Waals surface area (Å²) in [6.45, 7) is 6.59. The highest BCUT2D eigenvalue weighted by atomic mass is 19.1. The van der Waals surface area contributed by atoms with Crippen LogP contribution in [0.15, 0.2) is 24.3 Å². The number of hydrogen-bond acceptors (Lipinski definition) is 5. The molecular weight excluding hydrogens is 345 g/mol. The van der Waals surface area contributed by atoms with Crippen LogP contribution >= 0.6 is 0 Å². The van der Waals surface area contributed by atoms with Crippen LogP contribution in [0.5, 0.6) is 5.75 Å². The number of hydrogen-bond donors (Lipinski definition) is 2. The Kier molecular flexibility index (Phi) is 10.3. The maximum absolute atomic E-state index is 12.8. The molecule has 2 rings (SSSR count). The van der Waals surface area contributed by atoms with Crippen molar-refractivity contribution in [3.8, 4) is 5.75 Å². The third-order valence-corrected chi connectivity index (χ3v) is 3.73. The third kappa shape index (κ3) is 9.33. The maximum atomic E-state index is 12.8. The number of rotatable bonds is 7. The van der Waals surface area contributed by atoms with E-state index in [4.69, 9.17) is 29.3 Å². The molecule has 0 aromatic heterocycles. The van der Waals surface area contributed by atoms with Crippen molar-refractivity contribution in [1.29, 1.82) is 0 Å². The molecule has 1 aromatic rings. The molecule has 0 radical (unpaired) electrons. The number of halogens is 1. The lowest BCUT2D eigenvalue weighted by Gasteiger charge is -2.32. The molecule has 8 heteroatoms. The molecule has 1 saturated heterocycles. The second-order valence-corrected chi connectivity index (χ2v) is 5.88. The predicted octanol–water partition coefficient (Wildman–Crippen LogP) is 2.25. The Morgan fingerprint density at radius 3 is 2.46 bits per heavy atom. The maximum Gasteiger partial charge on any atom is 0.414 e. The van der Waals surface area contributed by atoms with Gasteiger partial charge in [0.1, 0.15) is 24.3 Å². The van der Waals surface area contributed by atoms with Crippen LogP contribution in [0.3, 0.4) is 0 Å². The number of carbonyl (C=O) groups is 2. The third-order valence-electron chi connectivity index (χ3n) is 3.73. The number of morpholine rings is 1. The second kappa shape index (κ2) is 12.2. The molecular formula is C18H26FNO6. The first-order valence-electron chi connectivity index (χ1n) is 8.61. The predicted molar refractivity (Wildman–Crippen MR) is 92.9 cm³/mol. The fourth-order valence-corrected chi connectivity index (χ4v) is 2.39. The standard InChI is InChI=1S/C16H24FNO2.C2H2O4/c1-2-3-4-9-18-10-11-19-16(12-18)13-20-15-7-5-14(17)6-8-15;3-1(4)2(5)6/h5-8,16H,2-4,9-13H2,1H3;(H,3,4)(H,5,6).